The van der Waals surface area contributed by atoms with E-state index in [4.69, 9.17) is 0 Å². The number of rotatable bonds is 5. The Morgan fingerprint density at radius 1 is 1.16 bits per heavy atom. The van der Waals surface area contributed by atoms with Crippen LogP contribution in [0.5, 0.6) is 0 Å². The predicted octanol–water partition coefficient (Wildman–Crippen LogP) is 2.80. The van der Waals surface area contributed by atoms with Gasteiger partial charge in [-0.1, -0.05) is 0 Å². The second-order valence-corrected chi connectivity index (χ2v) is 7.65. The van der Waals surface area contributed by atoms with E-state index < -0.39 is 0 Å². The van der Waals surface area contributed by atoms with Crippen molar-refractivity contribution in [1.82, 2.24) is 19.9 Å². The monoisotopic (exact) mass is 404 g/mol. The van der Waals surface area contributed by atoms with Gasteiger partial charge in [0.15, 0.2) is 0 Å². The summed E-state index contributed by atoms with van der Waals surface area (Å²) in [7, 11) is 6.13. The lowest BCUT2D eigenvalue weighted by atomic mass is 10.0. The van der Waals surface area contributed by atoms with Crippen LogP contribution in [0.25, 0.3) is 0 Å². The van der Waals surface area contributed by atoms with Gasteiger partial charge in [-0.05, 0) is 47.4 Å². The third-order valence-corrected chi connectivity index (χ3v) is 5.13. The first kappa shape index (κ1) is 18.1. The molecular weight excluding hydrogens is 380 g/mol. The maximum Gasteiger partial charge on any atom is 0.134 e. The SMILES string of the molecule is CN(C)c1cc(N(C)C2CCCN(Cc3ccc(Br)cn3)C2)ncn1. The van der Waals surface area contributed by atoms with E-state index in [9.17, 15) is 0 Å². The van der Waals surface area contributed by atoms with Crippen LogP contribution in [-0.2, 0) is 6.54 Å². The molecule has 1 fully saturated rings. The van der Waals surface area contributed by atoms with Gasteiger partial charge in [0.1, 0.15) is 18.0 Å². The zero-order valence-electron chi connectivity index (χ0n) is 15.1. The number of hydrogen-bond acceptors (Lipinski definition) is 6. The molecule has 0 aliphatic carbocycles. The lowest BCUT2D eigenvalue weighted by molar-refractivity contribution is 0.196. The first-order chi connectivity index (χ1) is 12.0. The summed E-state index contributed by atoms with van der Waals surface area (Å²) >= 11 is 3.44. The maximum absolute atomic E-state index is 4.50. The number of halogens is 1. The number of likely N-dealkylation sites (N-methyl/N-ethyl adjacent to an activating group) is 1. The van der Waals surface area contributed by atoms with Gasteiger partial charge in [0, 0.05) is 57.0 Å². The van der Waals surface area contributed by atoms with Crippen LogP contribution in [0.2, 0.25) is 0 Å². The molecule has 0 radical (unpaired) electrons. The Hall–Kier alpha value is -1.73. The molecule has 1 atom stereocenters. The van der Waals surface area contributed by atoms with Gasteiger partial charge in [0.2, 0.25) is 0 Å². The maximum atomic E-state index is 4.50. The topological polar surface area (TPSA) is 48.4 Å². The lowest BCUT2D eigenvalue weighted by Gasteiger charge is -2.38. The molecule has 1 saturated heterocycles. The molecule has 1 aliphatic rings. The number of piperidine rings is 1. The van der Waals surface area contributed by atoms with Crippen molar-refractivity contribution in [3.05, 3.63) is 40.9 Å². The van der Waals surface area contributed by atoms with Crippen molar-refractivity contribution in [2.24, 2.45) is 0 Å². The summed E-state index contributed by atoms with van der Waals surface area (Å²) in [6.45, 7) is 3.04. The van der Waals surface area contributed by atoms with E-state index in [-0.39, 0.29) is 0 Å². The fourth-order valence-electron chi connectivity index (χ4n) is 3.18. The Labute approximate surface area is 158 Å². The molecule has 0 amide bonds. The van der Waals surface area contributed by atoms with Crippen LogP contribution in [0.1, 0.15) is 18.5 Å². The number of pyridine rings is 1. The van der Waals surface area contributed by atoms with Crippen molar-refractivity contribution in [3.8, 4) is 0 Å². The van der Waals surface area contributed by atoms with E-state index in [0.29, 0.717) is 6.04 Å². The van der Waals surface area contributed by atoms with Crippen LogP contribution in [0, 0.1) is 0 Å². The highest BCUT2D eigenvalue weighted by Crippen LogP contribution is 2.22. The van der Waals surface area contributed by atoms with Gasteiger partial charge in [-0.2, -0.15) is 0 Å². The molecule has 7 heteroatoms. The van der Waals surface area contributed by atoms with Crippen molar-refractivity contribution in [2.75, 3.05) is 44.0 Å². The summed E-state index contributed by atoms with van der Waals surface area (Å²) in [6, 6.07) is 6.65. The number of likely N-dealkylation sites (tertiary alicyclic amines) is 1. The fourth-order valence-corrected chi connectivity index (χ4v) is 3.42. The lowest BCUT2D eigenvalue weighted by Crippen LogP contribution is -2.46. The van der Waals surface area contributed by atoms with Crippen molar-refractivity contribution in [3.63, 3.8) is 0 Å². The Kier molecular flexibility index (Phi) is 5.86. The largest absolute Gasteiger partial charge is 0.363 e. The van der Waals surface area contributed by atoms with Crippen molar-refractivity contribution >= 4 is 27.6 Å². The number of aromatic nitrogens is 3. The minimum absolute atomic E-state index is 0.453. The molecule has 0 N–H and O–H groups in total. The summed E-state index contributed by atoms with van der Waals surface area (Å²) in [4.78, 5) is 20.1. The van der Waals surface area contributed by atoms with E-state index >= 15 is 0 Å². The fraction of sp³-hybridized carbons (Fsp3) is 0.500. The van der Waals surface area contributed by atoms with Crippen LogP contribution >= 0.6 is 15.9 Å². The molecule has 0 spiro atoms. The van der Waals surface area contributed by atoms with Crippen LogP contribution < -0.4 is 9.80 Å². The molecule has 2 aromatic rings. The predicted molar refractivity (Wildman–Crippen MR) is 105 cm³/mol. The highest BCUT2D eigenvalue weighted by molar-refractivity contribution is 9.10. The Morgan fingerprint density at radius 3 is 2.68 bits per heavy atom. The van der Waals surface area contributed by atoms with Crippen molar-refractivity contribution in [2.45, 2.75) is 25.4 Å². The second kappa shape index (κ2) is 8.10. The molecule has 25 heavy (non-hydrogen) atoms. The second-order valence-electron chi connectivity index (χ2n) is 6.74. The zero-order chi connectivity index (χ0) is 17.8. The van der Waals surface area contributed by atoms with Gasteiger partial charge < -0.3 is 9.80 Å². The quantitative estimate of drug-likeness (QED) is 0.763. The molecule has 2 aromatic heterocycles. The van der Waals surface area contributed by atoms with Crippen LogP contribution in [-0.4, -0.2) is 60.1 Å². The van der Waals surface area contributed by atoms with Crippen molar-refractivity contribution < 1.29 is 0 Å². The first-order valence-electron chi connectivity index (χ1n) is 8.58. The third kappa shape index (κ3) is 4.67. The standard InChI is InChI=1S/C18H25BrN6/c1-23(2)17-9-18(22-13-21-17)24(3)16-5-4-8-25(12-16)11-15-7-6-14(19)10-20-15/h6-7,9-10,13,16H,4-5,8,11-12H2,1-3H3. The molecule has 0 saturated carbocycles. The molecule has 134 valence electrons. The molecule has 3 heterocycles. The summed E-state index contributed by atoms with van der Waals surface area (Å²) in [6.07, 6.45) is 5.89. The van der Waals surface area contributed by atoms with E-state index in [0.717, 1.165) is 41.4 Å². The smallest absolute Gasteiger partial charge is 0.134 e. The summed E-state index contributed by atoms with van der Waals surface area (Å²) < 4.78 is 1.02. The minimum atomic E-state index is 0.453. The molecule has 6 nitrogen and oxygen atoms in total. The molecular formula is C18H25BrN6. The average molecular weight is 405 g/mol. The van der Waals surface area contributed by atoms with Crippen LogP contribution in [0.15, 0.2) is 35.2 Å². The Bertz CT molecular complexity index is 690. The number of nitrogens with zero attached hydrogens (tertiary/aromatic N) is 6. The van der Waals surface area contributed by atoms with Gasteiger partial charge in [-0.15, -0.1) is 0 Å². The molecule has 1 aliphatic heterocycles. The summed E-state index contributed by atoms with van der Waals surface area (Å²) in [5.74, 6) is 1.91. The molecule has 0 aromatic carbocycles. The minimum Gasteiger partial charge on any atom is -0.363 e. The van der Waals surface area contributed by atoms with Crippen LogP contribution in [0.3, 0.4) is 0 Å². The Balaban J connectivity index is 1.66. The Morgan fingerprint density at radius 2 is 1.96 bits per heavy atom. The van der Waals surface area contributed by atoms with E-state index in [2.05, 4.69) is 65.9 Å². The van der Waals surface area contributed by atoms with E-state index in [1.165, 1.54) is 12.8 Å². The summed E-state index contributed by atoms with van der Waals surface area (Å²) in [5.41, 5.74) is 1.11. The first-order valence-corrected chi connectivity index (χ1v) is 9.37. The molecule has 3 rings (SSSR count). The van der Waals surface area contributed by atoms with Crippen molar-refractivity contribution in [1.29, 1.82) is 0 Å². The number of anilines is 2. The third-order valence-electron chi connectivity index (χ3n) is 4.66. The zero-order valence-corrected chi connectivity index (χ0v) is 16.6. The molecule has 1 unspecified atom stereocenters. The van der Waals surface area contributed by atoms with Gasteiger partial charge in [0.25, 0.3) is 0 Å². The van der Waals surface area contributed by atoms with Gasteiger partial charge in [0.05, 0.1) is 5.69 Å². The molecule has 0 bridgehead atoms. The summed E-state index contributed by atoms with van der Waals surface area (Å²) in [5, 5.41) is 0. The van der Waals surface area contributed by atoms with E-state index in [1.807, 2.05) is 25.2 Å². The van der Waals surface area contributed by atoms with Crippen LogP contribution in [0.4, 0.5) is 11.6 Å². The van der Waals surface area contributed by atoms with E-state index in [1.54, 1.807) is 6.33 Å². The highest BCUT2D eigenvalue weighted by Gasteiger charge is 2.24. The normalized spacial score (nSPS) is 18.2. The average Bonchev–Trinajstić information content (AvgIpc) is 2.63. The van der Waals surface area contributed by atoms with Gasteiger partial charge in [-0.25, -0.2) is 9.97 Å². The van der Waals surface area contributed by atoms with Gasteiger partial charge >= 0.3 is 0 Å². The van der Waals surface area contributed by atoms with Gasteiger partial charge in [-0.3, -0.25) is 9.88 Å². The number of hydrogen-bond donors (Lipinski definition) is 0. The highest BCUT2D eigenvalue weighted by atomic mass is 79.9.